The van der Waals surface area contributed by atoms with Gasteiger partial charge in [0.05, 0.1) is 18.1 Å². The Kier molecular flexibility index (Phi) is 4.51. The third kappa shape index (κ3) is 3.48. The number of aliphatic carboxylic acids is 1. The molecule has 0 aromatic rings. The van der Waals surface area contributed by atoms with Crippen molar-refractivity contribution < 1.29 is 14.6 Å². The second kappa shape index (κ2) is 5.80. The fraction of sp³-hybridized carbons (Fsp3) is 0.933. The second-order valence-corrected chi connectivity index (χ2v) is 6.68. The van der Waals surface area contributed by atoms with E-state index >= 15 is 0 Å². The lowest BCUT2D eigenvalue weighted by Crippen LogP contribution is -2.56. The molecule has 2 aliphatic rings. The highest BCUT2D eigenvalue weighted by molar-refractivity contribution is 5.71. The van der Waals surface area contributed by atoms with E-state index in [4.69, 9.17) is 4.74 Å². The predicted molar refractivity (Wildman–Crippen MR) is 74.1 cm³/mol. The van der Waals surface area contributed by atoms with Crippen molar-refractivity contribution in [2.24, 2.45) is 11.8 Å². The molecular weight excluding hydrogens is 242 g/mol. The van der Waals surface area contributed by atoms with Crippen LogP contribution in [-0.4, -0.2) is 47.3 Å². The molecule has 110 valence electrons. The van der Waals surface area contributed by atoms with E-state index in [1.165, 1.54) is 0 Å². The summed E-state index contributed by atoms with van der Waals surface area (Å²) in [7, 11) is 0. The number of nitrogens with zero attached hydrogens (tertiary/aromatic N) is 1. The molecule has 0 spiro atoms. The van der Waals surface area contributed by atoms with Crippen molar-refractivity contribution in [1.29, 1.82) is 0 Å². The molecule has 1 N–H and O–H groups in total. The van der Waals surface area contributed by atoms with Crippen LogP contribution in [-0.2, 0) is 9.53 Å². The first-order valence-corrected chi connectivity index (χ1v) is 7.54. The number of morpholine rings is 1. The quantitative estimate of drug-likeness (QED) is 0.854. The number of carbonyl (C=O) groups is 1. The molecule has 0 amide bonds. The lowest BCUT2D eigenvalue weighted by Gasteiger charge is -2.46. The SMILES string of the molecule is CCC1CCC(C(=O)O)C(N2CCOC(C)(C)C2)C1. The first-order valence-electron chi connectivity index (χ1n) is 7.54. The number of hydrogen-bond donors (Lipinski definition) is 1. The van der Waals surface area contributed by atoms with Crippen molar-refractivity contribution in [2.45, 2.75) is 58.1 Å². The van der Waals surface area contributed by atoms with Gasteiger partial charge in [0.2, 0.25) is 0 Å². The van der Waals surface area contributed by atoms with Crippen LogP contribution in [0.25, 0.3) is 0 Å². The van der Waals surface area contributed by atoms with Crippen molar-refractivity contribution in [3.05, 3.63) is 0 Å². The summed E-state index contributed by atoms with van der Waals surface area (Å²) in [4.78, 5) is 13.9. The van der Waals surface area contributed by atoms with Gasteiger partial charge in [0, 0.05) is 19.1 Å². The summed E-state index contributed by atoms with van der Waals surface area (Å²) in [5.41, 5.74) is -0.152. The lowest BCUT2D eigenvalue weighted by atomic mass is 9.76. The van der Waals surface area contributed by atoms with Crippen molar-refractivity contribution >= 4 is 5.97 Å². The van der Waals surface area contributed by atoms with Gasteiger partial charge in [-0.1, -0.05) is 13.3 Å². The Labute approximate surface area is 116 Å². The first kappa shape index (κ1) is 14.8. The smallest absolute Gasteiger partial charge is 0.308 e. The van der Waals surface area contributed by atoms with Crippen LogP contribution in [0, 0.1) is 11.8 Å². The van der Waals surface area contributed by atoms with Crippen LogP contribution < -0.4 is 0 Å². The number of ether oxygens (including phenoxy) is 1. The Morgan fingerprint density at radius 2 is 2.16 bits per heavy atom. The molecule has 2 rings (SSSR count). The third-order valence-corrected chi connectivity index (χ3v) is 4.74. The summed E-state index contributed by atoms with van der Waals surface area (Å²) in [6, 6.07) is 0.194. The molecule has 0 aromatic heterocycles. The average Bonchev–Trinajstić information content (AvgIpc) is 2.36. The third-order valence-electron chi connectivity index (χ3n) is 4.74. The Morgan fingerprint density at radius 3 is 2.74 bits per heavy atom. The zero-order valence-corrected chi connectivity index (χ0v) is 12.4. The minimum atomic E-state index is -0.621. The minimum Gasteiger partial charge on any atom is -0.481 e. The van der Waals surface area contributed by atoms with Crippen LogP contribution in [0.5, 0.6) is 0 Å². The van der Waals surface area contributed by atoms with E-state index in [2.05, 4.69) is 25.7 Å². The van der Waals surface area contributed by atoms with E-state index in [-0.39, 0.29) is 17.6 Å². The van der Waals surface area contributed by atoms with Crippen molar-refractivity contribution in [2.75, 3.05) is 19.7 Å². The molecular formula is C15H27NO3. The van der Waals surface area contributed by atoms with Gasteiger partial charge >= 0.3 is 5.97 Å². The van der Waals surface area contributed by atoms with E-state index in [1.54, 1.807) is 0 Å². The summed E-state index contributed by atoms with van der Waals surface area (Å²) in [6.07, 6.45) is 4.09. The van der Waals surface area contributed by atoms with Crippen LogP contribution >= 0.6 is 0 Å². The molecule has 4 heteroatoms. The zero-order valence-electron chi connectivity index (χ0n) is 12.4. The maximum absolute atomic E-state index is 11.5. The highest BCUT2D eigenvalue weighted by atomic mass is 16.5. The molecule has 19 heavy (non-hydrogen) atoms. The normalized spacial score (nSPS) is 36.1. The molecule has 0 bridgehead atoms. The van der Waals surface area contributed by atoms with Gasteiger partial charge in [0.15, 0.2) is 0 Å². The second-order valence-electron chi connectivity index (χ2n) is 6.68. The van der Waals surface area contributed by atoms with Gasteiger partial charge in [0.25, 0.3) is 0 Å². The van der Waals surface area contributed by atoms with Crippen molar-refractivity contribution in [3.63, 3.8) is 0 Å². The van der Waals surface area contributed by atoms with Gasteiger partial charge in [-0.25, -0.2) is 0 Å². The van der Waals surface area contributed by atoms with Crippen LogP contribution in [0.4, 0.5) is 0 Å². The summed E-state index contributed by atoms with van der Waals surface area (Å²) in [5, 5.41) is 9.47. The van der Waals surface area contributed by atoms with Gasteiger partial charge in [-0.2, -0.15) is 0 Å². The Morgan fingerprint density at radius 1 is 1.42 bits per heavy atom. The van der Waals surface area contributed by atoms with Crippen molar-refractivity contribution in [3.8, 4) is 0 Å². The largest absolute Gasteiger partial charge is 0.481 e. The molecule has 3 unspecified atom stereocenters. The topological polar surface area (TPSA) is 49.8 Å². The average molecular weight is 269 g/mol. The van der Waals surface area contributed by atoms with Gasteiger partial charge < -0.3 is 9.84 Å². The summed E-state index contributed by atoms with van der Waals surface area (Å²) >= 11 is 0. The van der Waals surface area contributed by atoms with Crippen LogP contribution in [0.15, 0.2) is 0 Å². The lowest BCUT2D eigenvalue weighted by molar-refractivity contribution is -0.151. The van der Waals surface area contributed by atoms with E-state index in [0.29, 0.717) is 12.5 Å². The van der Waals surface area contributed by atoms with Gasteiger partial charge in [-0.3, -0.25) is 9.69 Å². The van der Waals surface area contributed by atoms with E-state index in [9.17, 15) is 9.90 Å². The molecule has 3 atom stereocenters. The molecule has 0 radical (unpaired) electrons. The Hall–Kier alpha value is -0.610. The summed E-state index contributed by atoms with van der Waals surface area (Å²) < 4.78 is 5.75. The van der Waals surface area contributed by atoms with Crippen LogP contribution in [0.1, 0.15) is 46.5 Å². The van der Waals surface area contributed by atoms with E-state index in [0.717, 1.165) is 38.8 Å². The highest BCUT2D eigenvalue weighted by Gasteiger charge is 2.41. The fourth-order valence-corrected chi connectivity index (χ4v) is 3.63. The number of carboxylic acid groups (broad SMARTS) is 1. The van der Waals surface area contributed by atoms with Crippen LogP contribution in [0.3, 0.4) is 0 Å². The monoisotopic (exact) mass is 269 g/mol. The maximum atomic E-state index is 11.5. The number of rotatable bonds is 3. The van der Waals surface area contributed by atoms with Gasteiger partial charge in [-0.05, 0) is 39.0 Å². The summed E-state index contributed by atoms with van der Waals surface area (Å²) in [5.74, 6) is -0.132. The molecule has 1 aliphatic heterocycles. The first-order chi connectivity index (χ1) is 8.93. The zero-order chi connectivity index (χ0) is 14.0. The van der Waals surface area contributed by atoms with Crippen molar-refractivity contribution in [1.82, 2.24) is 4.90 Å². The molecule has 1 heterocycles. The van der Waals surface area contributed by atoms with E-state index < -0.39 is 5.97 Å². The molecule has 0 aromatic carbocycles. The minimum absolute atomic E-state index is 0.152. The standard InChI is InChI=1S/C15H27NO3/c1-4-11-5-6-12(14(17)18)13(9-11)16-7-8-19-15(2,3)10-16/h11-13H,4-10H2,1-3H3,(H,17,18). The summed E-state index contributed by atoms with van der Waals surface area (Å²) in [6.45, 7) is 8.83. The number of carboxylic acids is 1. The highest BCUT2D eigenvalue weighted by Crippen LogP contribution is 2.35. The Bertz CT molecular complexity index is 329. The fourth-order valence-electron chi connectivity index (χ4n) is 3.63. The molecule has 4 nitrogen and oxygen atoms in total. The molecule has 1 saturated heterocycles. The predicted octanol–water partition coefficient (Wildman–Crippen LogP) is 2.38. The Balaban J connectivity index is 2.10. The molecule has 1 aliphatic carbocycles. The molecule has 2 fully saturated rings. The maximum Gasteiger partial charge on any atom is 0.308 e. The number of hydrogen-bond acceptors (Lipinski definition) is 3. The van der Waals surface area contributed by atoms with Gasteiger partial charge in [0.1, 0.15) is 0 Å². The van der Waals surface area contributed by atoms with Gasteiger partial charge in [-0.15, -0.1) is 0 Å². The van der Waals surface area contributed by atoms with E-state index in [1.807, 2.05) is 0 Å². The van der Waals surface area contributed by atoms with Crippen LogP contribution in [0.2, 0.25) is 0 Å². The molecule has 1 saturated carbocycles.